The average Bonchev–Trinajstić information content (AvgIpc) is 2.18. The molecule has 0 saturated carbocycles. The molecule has 92 valence electrons. The minimum Gasteiger partial charge on any atom is -0.295 e. The van der Waals surface area contributed by atoms with Crippen LogP contribution in [0.25, 0.3) is 0 Å². The van der Waals surface area contributed by atoms with Crippen LogP contribution >= 0.6 is 10.6 Å². The molecule has 0 amide bonds. The van der Waals surface area contributed by atoms with Crippen molar-refractivity contribution in [2.75, 3.05) is 6.26 Å². The molecule has 0 bridgehead atoms. The van der Waals surface area contributed by atoms with Gasteiger partial charge in [0, 0.05) is 11.8 Å². The van der Waals surface area contributed by atoms with Crippen molar-refractivity contribution in [3.8, 4) is 0 Å². The summed E-state index contributed by atoms with van der Waals surface area (Å²) in [5.41, 5.74) is 0.141. The summed E-state index contributed by atoms with van der Waals surface area (Å²) in [4.78, 5) is 11.0. The minimum absolute atomic E-state index is 0.0442. The maximum atomic E-state index is 13.0. The van der Waals surface area contributed by atoms with E-state index in [-0.39, 0.29) is 16.2 Å². The molecule has 0 spiro atoms. The third kappa shape index (κ3) is 4.30. The standard InChI is InChI=1S/C9H11FO3S.C2H6/c1-6(11)7-3-8(10)5-9(4-7)14(2,12)13;1-2/h3-5,12-13H,1-2H3;1-2H3. The first-order valence-electron chi connectivity index (χ1n) is 4.85. The Balaban J connectivity index is 0.00000106. The first kappa shape index (κ1) is 15.1. The van der Waals surface area contributed by atoms with Crippen molar-refractivity contribution in [3.05, 3.63) is 29.6 Å². The molecule has 1 aromatic rings. The van der Waals surface area contributed by atoms with Crippen molar-refractivity contribution in [1.29, 1.82) is 0 Å². The van der Waals surface area contributed by atoms with E-state index in [1.54, 1.807) is 0 Å². The lowest BCUT2D eigenvalue weighted by Crippen LogP contribution is -2.00. The molecule has 0 unspecified atom stereocenters. The molecular formula is C11H17FO3S. The van der Waals surface area contributed by atoms with Gasteiger partial charge in [0.25, 0.3) is 0 Å². The molecule has 0 aliphatic heterocycles. The fourth-order valence-electron chi connectivity index (χ4n) is 0.989. The summed E-state index contributed by atoms with van der Waals surface area (Å²) < 4.78 is 31.5. The molecule has 0 heterocycles. The van der Waals surface area contributed by atoms with Gasteiger partial charge in [0.05, 0.1) is 4.90 Å². The molecule has 0 atom stereocenters. The van der Waals surface area contributed by atoms with Gasteiger partial charge >= 0.3 is 0 Å². The van der Waals surface area contributed by atoms with Crippen molar-refractivity contribution in [1.82, 2.24) is 0 Å². The van der Waals surface area contributed by atoms with Crippen molar-refractivity contribution >= 4 is 16.4 Å². The lowest BCUT2D eigenvalue weighted by atomic mass is 10.1. The predicted molar refractivity (Wildman–Crippen MR) is 64.8 cm³/mol. The van der Waals surface area contributed by atoms with Crippen LogP contribution in [0.4, 0.5) is 4.39 Å². The number of rotatable bonds is 2. The second-order valence-corrected chi connectivity index (χ2v) is 5.20. The molecule has 1 rings (SSSR count). The van der Waals surface area contributed by atoms with Gasteiger partial charge in [-0.15, -0.1) is 0 Å². The van der Waals surface area contributed by atoms with E-state index in [1.807, 2.05) is 13.8 Å². The maximum Gasteiger partial charge on any atom is 0.159 e. The van der Waals surface area contributed by atoms with E-state index in [9.17, 15) is 18.3 Å². The summed E-state index contributed by atoms with van der Waals surface area (Å²) in [6.45, 7) is 5.29. The topological polar surface area (TPSA) is 57.5 Å². The Hall–Kier alpha value is -0.910. The zero-order valence-electron chi connectivity index (χ0n) is 9.82. The fraction of sp³-hybridized carbons (Fsp3) is 0.364. The molecule has 2 N–H and O–H groups in total. The largest absolute Gasteiger partial charge is 0.295 e. The molecule has 1 aromatic carbocycles. The summed E-state index contributed by atoms with van der Waals surface area (Å²) in [5.74, 6) is -0.955. The minimum atomic E-state index is -2.97. The number of hydrogen-bond acceptors (Lipinski definition) is 3. The van der Waals surface area contributed by atoms with E-state index in [2.05, 4.69) is 0 Å². The highest BCUT2D eigenvalue weighted by atomic mass is 32.3. The zero-order chi connectivity index (χ0) is 12.9. The summed E-state index contributed by atoms with van der Waals surface area (Å²) in [7, 11) is -2.97. The normalized spacial score (nSPS) is 11.4. The van der Waals surface area contributed by atoms with Crippen LogP contribution in [0, 0.1) is 5.82 Å². The Labute approximate surface area is 96.7 Å². The van der Waals surface area contributed by atoms with Gasteiger partial charge in [-0.25, -0.2) is 4.39 Å². The van der Waals surface area contributed by atoms with Crippen LogP contribution in [-0.4, -0.2) is 21.1 Å². The molecule has 0 aliphatic carbocycles. The van der Waals surface area contributed by atoms with Gasteiger partial charge in [0.1, 0.15) is 5.82 Å². The summed E-state index contributed by atoms with van der Waals surface area (Å²) in [6, 6.07) is 3.37. The molecule has 0 aromatic heterocycles. The number of benzene rings is 1. The van der Waals surface area contributed by atoms with Crippen LogP contribution in [0.2, 0.25) is 0 Å². The van der Waals surface area contributed by atoms with Gasteiger partial charge in [0.2, 0.25) is 0 Å². The van der Waals surface area contributed by atoms with Gasteiger partial charge in [0.15, 0.2) is 5.78 Å². The van der Waals surface area contributed by atoms with Crippen molar-refractivity contribution in [3.63, 3.8) is 0 Å². The van der Waals surface area contributed by atoms with E-state index in [1.165, 1.54) is 19.2 Å². The van der Waals surface area contributed by atoms with E-state index < -0.39 is 16.4 Å². The summed E-state index contributed by atoms with van der Waals surface area (Å²) >= 11 is 0. The third-order valence-corrected chi connectivity index (χ3v) is 2.85. The summed E-state index contributed by atoms with van der Waals surface area (Å²) in [5, 5.41) is 0. The van der Waals surface area contributed by atoms with Crippen molar-refractivity contribution in [2.45, 2.75) is 25.7 Å². The van der Waals surface area contributed by atoms with Gasteiger partial charge in [-0.1, -0.05) is 13.8 Å². The highest BCUT2D eigenvalue weighted by molar-refractivity contribution is 8.23. The molecule has 0 radical (unpaired) electrons. The first-order chi connectivity index (χ1) is 7.30. The number of ketones is 1. The summed E-state index contributed by atoms with van der Waals surface area (Å²) in [6.07, 6.45) is 1.19. The number of Topliss-reactive ketones (excluding diaryl/α,β-unsaturated/α-hetero) is 1. The fourth-order valence-corrected chi connectivity index (χ4v) is 1.68. The Bertz CT molecular complexity index is 372. The van der Waals surface area contributed by atoms with Crippen LogP contribution in [-0.2, 0) is 0 Å². The molecule has 0 aliphatic rings. The number of halogens is 1. The Kier molecular flexibility index (Phi) is 5.64. The van der Waals surface area contributed by atoms with E-state index in [0.29, 0.717) is 0 Å². The molecule has 0 saturated heterocycles. The monoisotopic (exact) mass is 248 g/mol. The van der Waals surface area contributed by atoms with Gasteiger partial charge in [-0.3, -0.25) is 13.9 Å². The van der Waals surface area contributed by atoms with Crippen LogP contribution in [0.1, 0.15) is 31.1 Å². The SMILES string of the molecule is CC.CC(=O)c1cc(F)cc(S(C)(O)O)c1. The van der Waals surface area contributed by atoms with Crippen LogP contribution in [0.3, 0.4) is 0 Å². The molecule has 3 nitrogen and oxygen atoms in total. The van der Waals surface area contributed by atoms with Crippen LogP contribution in [0.15, 0.2) is 23.1 Å². The second kappa shape index (κ2) is 5.98. The van der Waals surface area contributed by atoms with Gasteiger partial charge in [-0.05, 0) is 25.1 Å². The molecule has 5 heteroatoms. The third-order valence-electron chi connectivity index (χ3n) is 1.72. The van der Waals surface area contributed by atoms with Gasteiger partial charge < -0.3 is 0 Å². The molecule has 16 heavy (non-hydrogen) atoms. The number of carbonyl (C=O) groups excluding carboxylic acids is 1. The lowest BCUT2D eigenvalue weighted by molar-refractivity contribution is 0.101. The number of carbonyl (C=O) groups is 1. The Morgan fingerprint density at radius 2 is 1.75 bits per heavy atom. The molecule has 0 fully saturated rings. The highest BCUT2D eigenvalue weighted by Gasteiger charge is 2.12. The second-order valence-electron chi connectivity index (χ2n) is 3.07. The Morgan fingerprint density at radius 3 is 2.12 bits per heavy atom. The van der Waals surface area contributed by atoms with E-state index in [4.69, 9.17) is 0 Å². The predicted octanol–water partition coefficient (Wildman–Crippen LogP) is 3.79. The zero-order valence-corrected chi connectivity index (χ0v) is 10.6. The van der Waals surface area contributed by atoms with Crippen LogP contribution in [0.5, 0.6) is 0 Å². The first-order valence-corrected chi connectivity index (χ1v) is 6.81. The molecular weight excluding hydrogens is 231 g/mol. The number of hydrogen-bond donors (Lipinski definition) is 2. The maximum absolute atomic E-state index is 13.0. The van der Waals surface area contributed by atoms with E-state index in [0.717, 1.165) is 12.1 Å². The van der Waals surface area contributed by atoms with Crippen molar-refractivity contribution < 1.29 is 18.3 Å². The lowest BCUT2D eigenvalue weighted by Gasteiger charge is -2.27. The van der Waals surface area contributed by atoms with Crippen molar-refractivity contribution in [2.24, 2.45) is 0 Å². The van der Waals surface area contributed by atoms with Crippen LogP contribution < -0.4 is 0 Å². The average molecular weight is 248 g/mol. The highest BCUT2D eigenvalue weighted by Crippen LogP contribution is 2.44. The van der Waals surface area contributed by atoms with E-state index >= 15 is 0 Å². The quantitative estimate of drug-likeness (QED) is 0.783. The Morgan fingerprint density at radius 1 is 1.25 bits per heavy atom. The smallest absolute Gasteiger partial charge is 0.159 e. The van der Waals surface area contributed by atoms with Gasteiger partial charge in [-0.2, -0.15) is 10.6 Å².